The number of alkyl halides is 2. The third kappa shape index (κ3) is 2.27. The van der Waals surface area contributed by atoms with Crippen molar-refractivity contribution in [2.75, 3.05) is 18.4 Å². The summed E-state index contributed by atoms with van der Waals surface area (Å²) in [6.45, 7) is -1.08. The Balaban J connectivity index is 1.82. The van der Waals surface area contributed by atoms with Crippen LogP contribution in [0, 0.1) is 0 Å². The number of urea groups is 1. The van der Waals surface area contributed by atoms with Crippen molar-refractivity contribution in [2.45, 2.75) is 5.92 Å². The summed E-state index contributed by atoms with van der Waals surface area (Å²) in [5, 5.41) is 6.67. The molecule has 8 heteroatoms. The van der Waals surface area contributed by atoms with E-state index in [4.69, 9.17) is 0 Å². The number of amides is 2. The molecule has 0 radical (unpaired) electrons. The van der Waals surface area contributed by atoms with E-state index in [0.717, 1.165) is 9.37 Å². The zero-order valence-electron chi connectivity index (χ0n) is 9.61. The first kappa shape index (κ1) is 12.3. The van der Waals surface area contributed by atoms with Crippen LogP contribution < -0.4 is 5.32 Å². The van der Waals surface area contributed by atoms with Crippen LogP contribution in [0.4, 0.5) is 19.3 Å². The maximum absolute atomic E-state index is 12.7. The minimum Gasteiger partial charge on any atom is -0.312 e. The van der Waals surface area contributed by atoms with Crippen molar-refractivity contribution >= 4 is 33.2 Å². The lowest BCUT2D eigenvalue weighted by atomic mass is 10.2. The number of nitrogens with zero attached hydrogens (tertiary/aromatic N) is 3. The first-order valence-electron chi connectivity index (χ1n) is 5.51. The van der Waals surface area contributed by atoms with Gasteiger partial charge in [-0.1, -0.05) is 0 Å². The van der Waals surface area contributed by atoms with E-state index in [1.165, 1.54) is 0 Å². The molecule has 5 nitrogen and oxygen atoms in total. The Labute approximate surface area is 115 Å². The van der Waals surface area contributed by atoms with Crippen molar-refractivity contribution in [3.8, 4) is 0 Å². The minimum absolute atomic E-state index is 0.520. The standard InChI is InChI=1S/C11H9BrF2N4O/c12-7-3-8(9-1-2-15-18(9)4-7)16-10(19)17-5-11(13,14)6-17/h1-4H,5-6H2,(H,16,19). The van der Waals surface area contributed by atoms with Gasteiger partial charge in [0, 0.05) is 10.7 Å². The van der Waals surface area contributed by atoms with Gasteiger partial charge in [-0.3, -0.25) is 0 Å². The second-order valence-electron chi connectivity index (χ2n) is 4.38. The molecule has 2 amide bonds. The highest BCUT2D eigenvalue weighted by molar-refractivity contribution is 9.10. The van der Waals surface area contributed by atoms with Gasteiger partial charge >= 0.3 is 6.03 Å². The van der Waals surface area contributed by atoms with Gasteiger partial charge in [0.15, 0.2) is 0 Å². The topological polar surface area (TPSA) is 49.6 Å². The molecule has 3 rings (SSSR count). The van der Waals surface area contributed by atoms with Gasteiger partial charge in [0.05, 0.1) is 30.5 Å². The van der Waals surface area contributed by atoms with Crippen LogP contribution in [0.5, 0.6) is 0 Å². The number of rotatable bonds is 1. The molecule has 0 bridgehead atoms. The van der Waals surface area contributed by atoms with E-state index in [0.29, 0.717) is 11.2 Å². The molecule has 3 heterocycles. The van der Waals surface area contributed by atoms with Gasteiger partial charge in [-0.25, -0.2) is 18.1 Å². The summed E-state index contributed by atoms with van der Waals surface area (Å²) in [7, 11) is 0. The van der Waals surface area contributed by atoms with E-state index in [1.807, 2.05) is 0 Å². The minimum atomic E-state index is -2.76. The van der Waals surface area contributed by atoms with Crippen LogP contribution in [-0.4, -0.2) is 39.6 Å². The molecule has 0 unspecified atom stereocenters. The molecule has 2 aromatic rings. The number of carbonyl (C=O) groups is 1. The zero-order valence-corrected chi connectivity index (χ0v) is 11.2. The van der Waals surface area contributed by atoms with Crippen LogP contribution in [0.3, 0.4) is 0 Å². The number of halogens is 3. The van der Waals surface area contributed by atoms with Crippen LogP contribution in [0.15, 0.2) is 29.0 Å². The van der Waals surface area contributed by atoms with E-state index < -0.39 is 25.0 Å². The van der Waals surface area contributed by atoms with E-state index >= 15 is 0 Å². The lowest BCUT2D eigenvalue weighted by Crippen LogP contribution is -2.59. The number of aromatic nitrogens is 2. The largest absolute Gasteiger partial charge is 0.322 e. The molecule has 0 spiro atoms. The Morgan fingerprint density at radius 2 is 2.21 bits per heavy atom. The van der Waals surface area contributed by atoms with Gasteiger partial charge < -0.3 is 10.2 Å². The van der Waals surface area contributed by atoms with E-state index in [9.17, 15) is 13.6 Å². The number of nitrogens with one attached hydrogen (secondary N) is 1. The summed E-state index contributed by atoms with van der Waals surface area (Å²) in [5.74, 6) is -2.76. The van der Waals surface area contributed by atoms with Crippen LogP contribution in [0.25, 0.3) is 5.52 Å². The van der Waals surface area contributed by atoms with E-state index in [1.54, 1.807) is 29.0 Å². The zero-order chi connectivity index (χ0) is 13.6. The molecular weight excluding hydrogens is 322 g/mol. The first-order chi connectivity index (χ1) is 8.94. The van der Waals surface area contributed by atoms with Crippen LogP contribution in [-0.2, 0) is 0 Å². The Bertz CT molecular complexity index is 649. The predicted molar refractivity (Wildman–Crippen MR) is 68.4 cm³/mol. The number of hydrogen-bond donors (Lipinski definition) is 1. The normalized spacial score (nSPS) is 17.3. The van der Waals surface area contributed by atoms with Crippen molar-refractivity contribution < 1.29 is 13.6 Å². The fraction of sp³-hybridized carbons (Fsp3) is 0.273. The first-order valence-corrected chi connectivity index (χ1v) is 6.31. The highest BCUT2D eigenvalue weighted by Crippen LogP contribution is 2.28. The van der Waals surface area contributed by atoms with Crippen molar-refractivity contribution in [2.24, 2.45) is 0 Å². The molecular formula is C11H9BrF2N4O. The molecule has 1 fully saturated rings. The molecule has 100 valence electrons. The monoisotopic (exact) mass is 330 g/mol. The summed E-state index contributed by atoms with van der Waals surface area (Å²) in [4.78, 5) is 12.9. The maximum Gasteiger partial charge on any atom is 0.322 e. The molecule has 1 saturated heterocycles. The Hall–Kier alpha value is -1.70. The smallest absolute Gasteiger partial charge is 0.312 e. The Morgan fingerprint density at radius 3 is 2.89 bits per heavy atom. The van der Waals surface area contributed by atoms with Crippen molar-refractivity contribution in [3.63, 3.8) is 0 Å². The Morgan fingerprint density at radius 1 is 1.47 bits per heavy atom. The summed E-state index contributed by atoms with van der Waals surface area (Å²) in [5.41, 5.74) is 1.22. The summed E-state index contributed by atoms with van der Waals surface area (Å²) < 4.78 is 27.7. The summed E-state index contributed by atoms with van der Waals surface area (Å²) in [6, 6.07) is 2.90. The summed E-state index contributed by atoms with van der Waals surface area (Å²) >= 11 is 3.30. The van der Waals surface area contributed by atoms with Crippen LogP contribution in [0.1, 0.15) is 0 Å². The highest BCUT2D eigenvalue weighted by atomic mass is 79.9. The SMILES string of the molecule is O=C(Nc1cc(Br)cn2nccc12)N1CC(F)(F)C1. The van der Waals surface area contributed by atoms with E-state index in [2.05, 4.69) is 26.3 Å². The van der Waals surface area contributed by atoms with Crippen molar-refractivity contribution in [1.82, 2.24) is 14.5 Å². The molecule has 2 aromatic heterocycles. The molecule has 0 atom stereocenters. The van der Waals surface area contributed by atoms with E-state index in [-0.39, 0.29) is 0 Å². The molecule has 1 aliphatic rings. The summed E-state index contributed by atoms with van der Waals surface area (Å²) in [6.07, 6.45) is 3.33. The lowest BCUT2D eigenvalue weighted by Gasteiger charge is -2.38. The van der Waals surface area contributed by atoms with Crippen molar-refractivity contribution in [3.05, 3.63) is 29.0 Å². The van der Waals surface area contributed by atoms with Gasteiger partial charge in [0.2, 0.25) is 0 Å². The molecule has 19 heavy (non-hydrogen) atoms. The van der Waals surface area contributed by atoms with Gasteiger partial charge in [-0.2, -0.15) is 5.10 Å². The van der Waals surface area contributed by atoms with Gasteiger partial charge in [-0.05, 0) is 28.1 Å². The highest BCUT2D eigenvalue weighted by Gasteiger charge is 2.46. The number of anilines is 1. The van der Waals surface area contributed by atoms with Gasteiger partial charge in [0.25, 0.3) is 5.92 Å². The Kier molecular flexibility index (Phi) is 2.70. The van der Waals surface area contributed by atoms with Gasteiger partial charge in [-0.15, -0.1) is 0 Å². The third-order valence-corrected chi connectivity index (χ3v) is 3.28. The van der Waals surface area contributed by atoms with Gasteiger partial charge in [0.1, 0.15) is 0 Å². The second-order valence-corrected chi connectivity index (χ2v) is 5.29. The van der Waals surface area contributed by atoms with Crippen LogP contribution >= 0.6 is 15.9 Å². The average molecular weight is 331 g/mol. The molecule has 1 aliphatic heterocycles. The molecule has 0 aliphatic carbocycles. The van der Waals surface area contributed by atoms with Crippen molar-refractivity contribution in [1.29, 1.82) is 0 Å². The number of fused-ring (bicyclic) bond motifs is 1. The maximum atomic E-state index is 12.7. The number of pyridine rings is 1. The fourth-order valence-electron chi connectivity index (χ4n) is 1.95. The second kappa shape index (κ2) is 4.16. The van der Waals surface area contributed by atoms with Crippen LogP contribution in [0.2, 0.25) is 0 Å². The molecule has 0 aromatic carbocycles. The average Bonchev–Trinajstić information content (AvgIpc) is 2.73. The molecule has 0 saturated carbocycles. The lowest BCUT2D eigenvalue weighted by molar-refractivity contribution is -0.107. The number of hydrogen-bond acceptors (Lipinski definition) is 2. The molecule has 1 N–H and O–H groups in total. The fourth-order valence-corrected chi connectivity index (χ4v) is 2.37. The number of likely N-dealkylation sites (tertiary alicyclic amines) is 1. The quantitative estimate of drug-likeness (QED) is 0.873. The predicted octanol–water partition coefficient (Wildman–Crippen LogP) is 2.58. The third-order valence-electron chi connectivity index (χ3n) is 2.85. The number of carbonyl (C=O) groups excluding carboxylic acids is 1.